The summed E-state index contributed by atoms with van der Waals surface area (Å²) in [4.78, 5) is 4.13. The van der Waals surface area contributed by atoms with Crippen molar-refractivity contribution in [2.45, 2.75) is 25.1 Å². The van der Waals surface area contributed by atoms with Gasteiger partial charge in [-0.25, -0.2) is 0 Å². The summed E-state index contributed by atoms with van der Waals surface area (Å²) >= 11 is 0. The fourth-order valence-corrected chi connectivity index (χ4v) is 2.30. The topological polar surface area (TPSA) is 31.4 Å². The minimum Gasteiger partial charge on any atom is -0.495 e. The zero-order valence-electron chi connectivity index (χ0n) is 10.1. The van der Waals surface area contributed by atoms with Gasteiger partial charge in [0.15, 0.2) is 6.10 Å². The third kappa shape index (κ3) is 2.29. The molecule has 6 heteroatoms. The van der Waals surface area contributed by atoms with Crippen molar-refractivity contribution in [3.63, 3.8) is 0 Å². The van der Waals surface area contributed by atoms with Crippen molar-refractivity contribution in [2.24, 2.45) is 5.92 Å². The van der Waals surface area contributed by atoms with Crippen LogP contribution in [0.25, 0.3) is 0 Å². The van der Waals surface area contributed by atoms with Gasteiger partial charge in [0, 0.05) is 18.0 Å². The molecule has 1 aliphatic heterocycles. The van der Waals surface area contributed by atoms with Gasteiger partial charge >= 0.3 is 6.18 Å². The molecule has 0 aromatic carbocycles. The molecule has 1 aromatic heterocycles. The fraction of sp³-hybridized carbons (Fsp3) is 0.583. The fourth-order valence-electron chi connectivity index (χ4n) is 2.30. The molecule has 0 radical (unpaired) electrons. The van der Waals surface area contributed by atoms with E-state index in [9.17, 15) is 13.2 Å². The van der Waals surface area contributed by atoms with Gasteiger partial charge in [-0.1, -0.05) is 6.92 Å². The largest absolute Gasteiger partial charge is 0.495 e. The Hall–Kier alpha value is -1.30. The van der Waals surface area contributed by atoms with Crippen molar-refractivity contribution in [1.29, 1.82) is 0 Å². The van der Waals surface area contributed by atoms with E-state index in [4.69, 9.17) is 9.47 Å². The van der Waals surface area contributed by atoms with Crippen LogP contribution < -0.4 is 4.74 Å². The van der Waals surface area contributed by atoms with E-state index in [1.165, 1.54) is 14.0 Å². The molecule has 18 heavy (non-hydrogen) atoms. The maximum atomic E-state index is 12.7. The highest BCUT2D eigenvalue weighted by Crippen LogP contribution is 2.43. The number of alkyl halides is 3. The van der Waals surface area contributed by atoms with Crippen LogP contribution in [0, 0.1) is 5.92 Å². The molecule has 3 nitrogen and oxygen atoms in total. The highest BCUT2D eigenvalue weighted by molar-refractivity contribution is 5.31. The normalized spacial score (nSPS) is 28.4. The summed E-state index contributed by atoms with van der Waals surface area (Å²) in [6, 6.07) is 3.38. The van der Waals surface area contributed by atoms with Crippen molar-refractivity contribution in [2.75, 3.05) is 13.7 Å². The van der Waals surface area contributed by atoms with E-state index in [0.29, 0.717) is 11.4 Å². The van der Waals surface area contributed by atoms with Crippen molar-refractivity contribution >= 4 is 0 Å². The Balaban J connectivity index is 2.26. The highest BCUT2D eigenvalue weighted by atomic mass is 19.4. The van der Waals surface area contributed by atoms with Crippen molar-refractivity contribution in [3.05, 3.63) is 24.0 Å². The third-order valence-corrected chi connectivity index (χ3v) is 3.26. The number of halogens is 3. The van der Waals surface area contributed by atoms with Gasteiger partial charge in [-0.15, -0.1) is 0 Å². The Kier molecular flexibility index (Phi) is 3.47. The number of aromatic nitrogens is 1. The Morgan fingerprint density at radius 1 is 1.44 bits per heavy atom. The molecule has 1 fully saturated rings. The van der Waals surface area contributed by atoms with Crippen LogP contribution in [0.3, 0.4) is 0 Å². The predicted octanol–water partition coefficient (Wildman–Crippen LogP) is 2.77. The maximum absolute atomic E-state index is 12.7. The molecule has 0 saturated carbocycles. The van der Waals surface area contributed by atoms with Crippen LogP contribution in [-0.2, 0) is 4.74 Å². The summed E-state index contributed by atoms with van der Waals surface area (Å²) in [7, 11) is 1.47. The molecule has 0 spiro atoms. The molecule has 1 aromatic rings. The van der Waals surface area contributed by atoms with Crippen molar-refractivity contribution < 1.29 is 22.6 Å². The lowest BCUT2D eigenvalue weighted by Crippen LogP contribution is -2.33. The van der Waals surface area contributed by atoms with Gasteiger partial charge in [-0.3, -0.25) is 4.98 Å². The summed E-state index contributed by atoms with van der Waals surface area (Å²) in [6.45, 7) is 1.54. The lowest BCUT2D eigenvalue weighted by atomic mass is 9.89. The molecule has 1 saturated heterocycles. The number of nitrogens with zero attached hydrogens (tertiary/aromatic N) is 1. The second kappa shape index (κ2) is 4.76. The molecule has 2 rings (SSSR count). The molecule has 0 bridgehead atoms. The molecule has 0 amide bonds. The van der Waals surface area contributed by atoms with E-state index in [1.54, 1.807) is 18.3 Å². The van der Waals surface area contributed by atoms with Crippen LogP contribution in [0.15, 0.2) is 18.3 Å². The van der Waals surface area contributed by atoms with E-state index >= 15 is 0 Å². The minimum atomic E-state index is -4.34. The first-order valence-corrected chi connectivity index (χ1v) is 5.62. The Labute approximate surface area is 103 Å². The highest BCUT2D eigenvalue weighted by Gasteiger charge is 2.51. The number of rotatable bonds is 2. The van der Waals surface area contributed by atoms with Gasteiger partial charge in [0.1, 0.15) is 5.75 Å². The summed E-state index contributed by atoms with van der Waals surface area (Å²) in [5.74, 6) is -0.567. The van der Waals surface area contributed by atoms with Crippen molar-refractivity contribution in [1.82, 2.24) is 4.98 Å². The Morgan fingerprint density at radius 3 is 2.72 bits per heavy atom. The SMILES string of the molecule is COc1cccnc1C1COC(C(F)(F)F)C1C. The average molecular weight is 261 g/mol. The van der Waals surface area contributed by atoms with Crippen LogP contribution in [0.5, 0.6) is 5.75 Å². The summed E-state index contributed by atoms with van der Waals surface area (Å²) in [5.41, 5.74) is 0.527. The first-order valence-electron chi connectivity index (χ1n) is 5.62. The zero-order valence-corrected chi connectivity index (χ0v) is 10.1. The summed E-state index contributed by atoms with van der Waals surface area (Å²) in [5, 5.41) is 0. The molecular weight excluding hydrogens is 247 g/mol. The average Bonchev–Trinajstić information content (AvgIpc) is 2.70. The number of hydrogen-bond donors (Lipinski definition) is 0. The molecular formula is C12H14F3NO2. The second-order valence-corrected chi connectivity index (χ2v) is 4.35. The molecule has 0 N–H and O–H groups in total. The van der Waals surface area contributed by atoms with Gasteiger partial charge in [-0.2, -0.15) is 13.2 Å². The van der Waals surface area contributed by atoms with Gasteiger partial charge in [0.25, 0.3) is 0 Å². The van der Waals surface area contributed by atoms with Crippen LogP contribution in [0.2, 0.25) is 0 Å². The monoisotopic (exact) mass is 261 g/mol. The van der Waals surface area contributed by atoms with Crippen LogP contribution in [0.4, 0.5) is 13.2 Å². The Morgan fingerprint density at radius 2 is 2.17 bits per heavy atom. The number of ether oxygens (including phenoxy) is 2. The van der Waals surface area contributed by atoms with Gasteiger partial charge < -0.3 is 9.47 Å². The van der Waals surface area contributed by atoms with Crippen LogP contribution in [0.1, 0.15) is 18.5 Å². The summed E-state index contributed by atoms with van der Waals surface area (Å²) in [6.07, 6.45) is -4.52. The molecule has 0 aliphatic carbocycles. The zero-order chi connectivity index (χ0) is 13.3. The first-order chi connectivity index (χ1) is 8.45. The van der Waals surface area contributed by atoms with E-state index < -0.39 is 24.1 Å². The van der Waals surface area contributed by atoms with Crippen LogP contribution in [-0.4, -0.2) is 31.0 Å². The molecule has 100 valence electrons. The van der Waals surface area contributed by atoms with E-state index in [1.807, 2.05) is 0 Å². The molecule has 1 aliphatic rings. The van der Waals surface area contributed by atoms with Gasteiger partial charge in [0.2, 0.25) is 0 Å². The summed E-state index contributed by atoms with van der Waals surface area (Å²) < 4.78 is 48.1. The molecule has 2 heterocycles. The maximum Gasteiger partial charge on any atom is 0.414 e. The quantitative estimate of drug-likeness (QED) is 0.820. The van der Waals surface area contributed by atoms with E-state index in [0.717, 1.165) is 0 Å². The first kappa shape index (κ1) is 13.1. The number of pyridine rings is 1. The lowest BCUT2D eigenvalue weighted by Gasteiger charge is -2.21. The number of methoxy groups -OCH3 is 1. The standard InChI is InChI=1S/C12H14F3NO2/c1-7-8(6-18-11(7)12(13,14)15)10-9(17-2)4-3-5-16-10/h3-5,7-8,11H,6H2,1-2H3. The lowest BCUT2D eigenvalue weighted by molar-refractivity contribution is -0.215. The number of hydrogen-bond acceptors (Lipinski definition) is 3. The predicted molar refractivity (Wildman–Crippen MR) is 58.5 cm³/mol. The minimum absolute atomic E-state index is 0.0126. The van der Waals surface area contributed by atoms with Crippen molar-refractivity contribution in [3.8, 4) is 5.75 Å². The van der Waals surface area contributed by atoms with Gasteiger partial charge in [-0.05, 0) is 12.1 Å². The smallest absolute Gasteiger partial charge is 0.414 e. The second-order valence-electron chi connectivity index (χ2n) is 4.35. The van der Waals surface area contributed by atoms with Gasteiger partial charge in [0.05, 0.1) is 19.4 Å². The Bertz CT molecular complexity index is 422. The van der Waals surface area contributed by atoms with Crippen LogP contribution >= 0.6 is 0 Å². The third-order valence-electron chi connectivity index (χ3n) is 3.26. The molecule has 3 unspecified atom stereocenters. The van der Waals surface area contributed by atoms with E-state index in [2.05, 4.69) is 4.98 Å². The molecule has 3 atom stereocenters. The van der Waals surface area contributed by atoms with E-state index in [-0.39, 0.29) is 6.61 Å².